The number of rotatable bonds is 3. The Morgan fingerprint density at radius 3 is 2.67 bits per heavy atom. The van der Waals surface area contributed by atoms with Crippen LogP contribution >= 0.6 is 0 Å². The Morgan fingerprint density at radius 2 is 2.33 bits per heavy atom. The van der Waals surface area contributed by atoms with E-state index in [4.69, 9.17) is 6.57 Å². The summed E-state index contributed by atoms with van der Waals surface area (Å²) in [6.45, 7) is 8.71. The van der Waals surface area contributed by atoms with Crippen LogP contribution in [0.1, 0.15) is 13.8 Å². The van der Waals surface area contributed by atoms with E-state index < -0.39 is 10.8 Å². The van der Waals surface area contributed by atoms with Gasteiger partial charge in [-0.2, -0.15) is 0 Å². The average Bonchev–Trinajstić information content (AvgIpc) is 1.87. The summed E-state index contributed by atoms with van der Waals surface area (Å²) in [4.78, 5) is 3.48. The van der Waals surface area contributed by atoms with Crippen molar-refractivity contribution in [1.82, 2.24) is 0 Å². The Kier molecular flexibility index (Phi) is 4.33. The van der Waals surface area contributed by atoms with Gasteiger partial charge in [0.25, 0.3) is 12.6 Å². The van der Waals surface area contributed by atoms with Crippen molar-refractivity contribution in [2.75, 3.05) is 11.5 Å². The first-order chi connectivity index (χ1) is 4.20. The highest BCUT2D eigenvalue weighted by Crippen LogP contribution is 1.92. The molecule has 0 rings (SSSR count). The fourth-order valence-electron chi connectivity index (χ4n) is 0.430. The van der Waals surface area contributed by atoms with Gasteiger partial charge in [0.15, 0.2) is 0 Å². The molecule has 52 valence electrons. The quantitative estimate of drug-likeness (QED) is 0.584. The van der Waals surface area contributed by atoms with Crippen molar-refractivity contribution in [3.63, 3.8) is 0 Å². The van der Waals surface area contributed by atoms with Gasteiger partial charge < -0.3 is 0 Å². The lowest BCUT2D eigenvalue weighted by atomic mass is 10.4. The van der Waals surface area contributed by atoms with Crippen molar-refractivity contribution >= 4 is 10.8 Å². The van der Waals surface area contributed by atoms with E-state index in [1.807, 2.05) is 13.8 Å². The van der Waals surface area contributed by atoms with Gasteiger partial charge in [0, 0.05) is 23.5 Å². The van der Waals surface area contributed by atoms with Crippen LogP contribution in [-0.4, -0.2) is 21.8 Å². The second-order valence-corrected chi connectivity index (χ2v) is 3.68. The molecule has 0 aliphatic heterocycles. The molecule has 0 saturated heterocycles. The maximum atomic E-state index is 10.8. The van der Waals surface area contributed by atoms with Gasteiger partial charge in [-0.25, -0.2) is 0 Å². The van der Waals surface area contributed by atoms with Crippen molar-refractivity contribution in [2.45, 2.75) is 19.9 Å². The lowest BCUT2D eigenvalue weighted by Gasteiger charge is -1.91. The van der Waals surface area contributed by atoms with Gasteiger partial charge in [0.2, 0.25) is 0 Å². The second kappa shape index (κ2) is 4.51. The van der Waals surface area contributed by atoms with Gasteiger partial charge in [-0.05, 0) is 0 Å². The normalized spacial score (nSPS) is 16.1. The zero-order valence-corrected chi connectivity index (χ0v) is 6.65. The van der Waals surface area contributed by atoms with Gasteiger partial charge in [-0.15, -0.1) is 0 Å². The van der Waals surface area contributed by atoms with Crippen LogP contribution in [-0.2, 0) is 10.8 Å². The summed E-state index contributed by atoms with van der Waals surface area (Å²) in [5.41, 5.74) is 0. The molecule has 0 spiro atoms. The molecule has 0 bridgehead atoms. The minimum absolute atomic E-state index is 0.0331. The van der Waals surface area contributed by atoms with E-state index in [1.165, 1.54) is 0 Å². The van der Waals surface area contributed by atoms with Crippen molar-refractivity contribution in [2.24, 2.45) is 0 Å². The third-order valence-electron chi connectivity index (χ3n) is 1.00. The molecule has 0 heterocycles. The van der Waals surface area contributed by atoms with Crippen LogP contribution in [0.15, 0.2) is 0 Å². The van der Waals surface area contributed by atoms with Crippen LogP contribution in [0.4, 0.5) is 0 Å². The van der Waals surface area contributed by atoms with E-state index in [0.29, 0.717) is 11.5 Å². The van der Waals surface area contributed by atoms with Crippen LogP contribution in [0.25, 0.3) is 4.85 Å². The topological polar surface area (TPSA) is 21.4 Å². The monoisotopic (exact) mass is 146 g/mol. The summed E-state index contributed by atoms with van der Waals surface area (Å²) >= 11 is 0. The first-order valence-corrected chi connectivity index (χ1v) is 4.44. The van der Waals surface area contributed by atoms with Gasteiger partial charge in [0.05, 0.1) is 0 Å². The smallest absolute Gasteiger partial charge is 0.259 e. The molecule has 0 saturated carbocycles. The molecule has 0 N–H and O–H groups in total. The molecule has 0 radical (unpaired) electrons. The third-order valence-corrected chi connectivity index (χ3v) is 2.50. The van der Waals surface area contributed by atoms with E-state index in [1.54, 1.807) is 0 Å². The maximum absolute atomic E-state index is 10.8. The largest absolute Gasteiger partial charge is 0.280 e. The van der Waals surface area contributed by atoms with E-state index in [9.17, 15) is 4.21 Å². The lowest BCUT2D eigenvalue weighted by Crippen LogP contribution is -2.10. The summed E-state index contributed by atoms with van der Waals surface area (Å²) in [6.07, 6.45) is 0. The fourth-order valence-corrected chi connectivity index (χ4v) is 1.29. The zero-order chi connectivity index (χ0) is 7.28. The molecule has 0 aliphatic rings. The van der Waals surface area contributed by atoms with Crippen molar-refractivity contribution < 1.29 is 4.21 Å². The first kappa shape index (κ1) is 8.64. The Morgan fingerprint density at radius 1 is 1.78 bits per heavy atom. The van der Waals surface area contributed by atoms with Crippen LogP contribution in [0.2, 0.25) is 0 Å². The van der Waals surface area contributed by atoms with Crippen LogP contribution in [0, 0.1) is 6.57 Å². The molecule has 0 aromatic carbocycles. The summed E-state index contributed by atoms with van der Waals surface area (Å²) < 4.78 is 10.8. The standard InChI is InChI=1S/C6H12NOS/c1-4-9(8)5-6(2)7-3/h3,6H,4-5H2,1-2H3/q+1/t6-,9?/m1/s1. The molecule has 0 aliphatic carbocycles. The number of hydrogen-bond donors (Lipinski definition) is 0. The minimum Gasteiger partial charge on any atom is -0.259 e. The Bertz CT molecular complexity index is 138. The van der Waals surface area contributed by atoms with Gasteiger partial charge in [-0.1, -0.05) is 11.8 Å². The molecule has 0 aromatic heterocycles. The molecule has 0 fully saturated rings. The first-order valence-electron chi connectivity index (χ1n) is 2.95. The highest BCUT2D eigenvalue weighted by Gasteiger charge is 2.10. The third kappa shape index (κ3) is 4.16. The summed E-state index contributed by atoms with van der Waals surface area (Å²) in [7, 11) is -0.731. The Balaban J connectivity index is 3.50. The number of nitrogens with zero attached hydrogens (tertiary/aromatic N) is 1. The molecule has 3 heteroatoms. The summed E-state index contributed by atoms with van der Waals surface area (Å²) in [5.74, 6) is 1.28. The van der Waals surface area contributed by atoms with Crippen molar-refractivity contribution in [3.05, 3.63) is 4.85 Å². The van der Waals surface area contributed by atoms with Crippen LogP contribution in [0.5, 0.6) is 0 Å². The van der Waals surface area contributed by atoms with E-state index in [-0.39, 0.29) is 6.04 Å². The van der Waals surface area contributed by atoms with Gasteiger partial charge >= 0.3 is 0 Å². The summed E-state index contributed by atoms with van der Waals surface area (Å²) in [6, 6.07) is 0.0331. The molecule has 2 nitrogen and oxygen atoms in total. The molecule has 9 heavy (non-hydrogen) atoms. The van der Waals surface area contributed by atoms with E-state index >= 15 is 0 Å². The molecule has 2 atom stereocenters. The van der Waals surface area contributed by atoms with Crippen molar-refractivity contribution in [1.29, 1.82) is 0 Å². The Hall–Kier alpha value is -0.360. The second-order valence-electron chi connectivity index (χ2n) is 1.89. The molecule has 0 aromatic rings. The zero-order valence-electron chi connectivity index (χ0n) is 5.83. The number of hydrogen-bond acceptors (Lipinski definition) is 1. The van der Waals surface area contributed by atoms with Crippen LogP contribution in [0.3, 0.4) is 0 Å². The maximum Gasteiger partial charge on any atom is 0.280 e. The summed E-state index contributed by atoms with van der Waals surface area (Å²) in [5, 5.41) is 0. The SMILES string of the molecule is C#[N+][C@H](C)CS(=O)CC. The average molecular weight is 146 g/mol. The molecule has 1 unspecified atom stereocenters. The highest BCUT2D eigenvalue weighted by molar-refractivity contribution is 7.85. The predicted octanol–water partition coefficient (Wildman–Crippen LogP) is 1.11. The predicted molar refractivity (Wildman–Crippen MR) is 41.3 cm³/mol. The highest BCUT2D eigenvalue weighted by atomic mass is 32.2. The van der Waals surface area contributed by atoms with Crippen LogP contribution < -0.4 is 0 Å². The van der Waals surface area contributed by atoms with Gasteiger partial charge in [0.1, 0.15) is 5.75 Å². The van der Waals surface area contributed by atoms with Gasteiger partial charge in [-0.3, -0.25) is 4.21 Å². The Labute approximate surface area is 58.5 Å². The minimum atomic E-state index is -0.731. The molecule has 0 amide bonds. The molecular weight excluding hydrogens is 134 g/mol. The van der Waals surface area contributed by atoms with E-state index in [0.717, 1.165) is 0 Å². The fraction of sp³-hybridized carbons (Fsp3) is 0.833. The lowest BCUT2D eigenvalue weighted by molar-refractivity contribution is 0.681. The molecular formula is C6H12NOS+. The van der Waals surface area contributed by atoms with Crippen molar-refractivity contribution in [3.8, 4) is 6.57 Å². The van der Waals surface area contributed by atoms with E-state index in [2.05, 4.69) is 4.85 Å².